The van der Waals surface area contributed by atoms with Crippen LogP contribution in [0.4, 0.5) is 0 Å². The minimum atomic E-state index is 0.0778. The molecular weight excluding hydrogens is 280 g/mol. The third-order valence-corrected chi connectivity index (χ3v) is 3.30. The van der Waals surface area contributed by atoms with Crippen molar-refractivity contribution in [2.75, 3.05) is 20.8 Å². The van der Waals surface area contributed by atoms with Gasteiger partial charge in [0.05, 0.1) is 20.8 Å². The van der Waals surface area contributed by atoms with Crippen molar-refractivity contribution in [3.05, 3.63) is 54.1 Å². The molecule has 0 aliphatic carbocycles. The number of aromatic hydroxyl groups is 1. The Morgan fingerprint density at radius 3 is 2.32 bits per heavy atom. The lowest BCUT2D eigenvalue weighted by atomic mass is 9.98. The van der Waals surface area contributed by atoms with Gasteiger partial charge in [0.1, 0.15) is 11.5 Å². The molecule has 0 spiro atoms. The molecule has 22 heavy (non-hydrogen) atoms. The Bertz CT molecular complexity index is 677. The van der Waals surface area contributed by atoms with E-state index < -0.39 is 0 Å². The van der Waals surface area contributed by atoms with Crippen molar-refractivity contribution in [3.8, 4) is 23.0 Å². The molecule has 0 radical (unpaired) electrons. The van der Waals surface area contributed by atoms with Crippen molar-refractivity contribution in [2.45, 2.75) is 6.92 Å². The fraction of sp³-hybridized carbons (Fsp3) is 0.222. The van der Waals surface area contributed by atoms with Gasteiger partial charge in [0.2, 0.25) is 0 Å². The Morgan fingerprint density at radius 1 is 1.00 bits per heavy atom. The molecule has 4 heteroatoms. The van der Waals surface area contributed by atoms with E-state index in [0.29, 0.717) is 18.1 Å². The normalized spacial score (nSPS) is 10.1. The maximum absolute atomic E-state index is 9.91. The maximum atomic E-state index is 9.91. The van der Waals surface area contributed by atoms with E-state index in [0.717, 1.165) is 22.4 Å². The summed E-state index contributed by atoms with van der Waals surface area (Å²) in [5.74, 6) is 1.92. The second kappa shape index (κ2) is 6.89. The molecule has 1 N–H and O–H groups in total. The van der Waals surface area contributed by atoms with Gasteiger partial charge in [-0.1, -0.05) is 12.6 Å². The van der Waals surface area contributed by atoms with Crippen LogP contribution < -0.4 is 14.2 Å². The summed E-state index contributed by atoms with van der Waals surface area (Å²) >= 11 is 0. The molecular formula is C18H20O4. The van der Waals surface area contributed by atoms with E-state index in [2.05, 4.69) is 6.58 Å². The summed E-state index contributed by atoms with van der Waals surface area (Å²) in [6, 6.07) is 10.8. The van der Waals surface area contributed by atoms with E-state index >= 15 is 0 Å². The average Bonchev–Trinajstić information content (AvgIpc) is 2.54. The van der Waals surface area contributed by atoms with Crippen LogP contribution in [-0.2, 0) is 0 Å². The Labute approximate surface area is 130 Å². The zero-order valence-electron chi connectivity index (χ0n) is 13.1. The van der Waals surface area contributed by atoms with Crippen LogP contribution in [0, 0.1) is 0 Å². The summed E-state index contributed by atoms with van der Waals surface area (Å²) in [7, 11) is 3.12. The number of hydrogen-bond acceptors (Lipinski definition) is 4. The summed E-state index contributed by atoms with van der Waals surface area (Å²) in [5.41, 5.74) is 2.43. The number of rotatable bonds is 6. The second-order valence-electron chi connectivity index (χ2n) is 4.70. The van der Waals surface area contributed by atoms with Crippen molar-refractivity contribution in [1.29, 1.82) is 0 Å². The summed E-state index contributed by atoms with van der Waals surface area (Å²) in [6.45, 7) is 6.60. The summed E-state index contributed by atoms with van der Waals surface area (Å²) in [5, 5.41) is 9.91. The number of benzene rings is 2. The van der Waals surface area contributed by atoms with Gasteiger partial charge in [0, 0.05) is 6.07 Å². The SMILES string of the molecule is C=C(c1cc(OC)cc(OCC)c1)c1ccc(OC)c(O)c1. The molecule has 0 aliphatic heterocycles. The molecule has 2 rings (SSSR count). The Kier molecular flexibility index (Phi) is 4.94. The summed E-state index contributed by atoms with van der Waals surface area (Å²) in [4.78, 5) is 0. The van der Waals surface area contributed by atoms with Gasteiger partial charge >= 0.3 is 0 Å². The molecule has 0 saturated heterocycles. The van der Waals surface area contributed by atoms with E-state index in [-0.39, 0.29) is 5.75 Å². The number of phenolic OH excluding ortho intramolecular Hbond substituents is 1. The topological polar surface area (TPSA) is 47.9 Å². The first-order valence-corrected chi connectivity index (χ1v) is 6.97. The Hall–Kier alpha value is -2.62. The minimum Gasteiger partial charge on any atom is -0.504 e. The highest BCUT2D eigenvalue weighted by Gasteiger charge is 2.10. The third-order valence-electron chi connectivity index (χ3n) is 3.30. The largest absolute Gasteiger partial charge is 0.504 e. The Morgan fingerprint density at radius 2 is 1.73 bits per heavy atom. The van der Waals surface area contributed by atoms with Crippen LogP contribution in [-0.4, -0.2) is 25.9 Å². The molecule has 0 unspecified atom stereocenters. The minimum absolute atomic E-state index is 0.0778. The zero-order chi connectivity index (χ0) is 16.1. The molecule has 0 heterocycles. The molecule has 0 amide bonds. The van der Waals surface area contributed by atoms with E-state index in [1.807, 2.05) is 31.2 Å². The van der Waals surface area contributed by atoms with Crippen molar-refractivity contribution < 1.29 is 19.3 Å². The van der Waals surface area contributed by atoms with Gasteiger partial charge in [0.15, 0.2) is 11.5 Å². The first-order valence-electron chi connectivity index (χ1n) is 6.97. The van der Waals surface area contributed by atoms with Crippen LogP contribution in [0.2, 0.25) is 0 Å². The van der Waals surface area contributed by atoms with Gasteiger partial charge in [-0.3, -0.25) is 0 Å². The highest BCUT2D eigenvalue weighted by atomic mass is 16.5. The van der Waals surface area contributed by atoms with Gasteiger partial charge in [-0.25, -0.2) is 0 Å². The van der Waals surface area contributed by atoms with E-state index in [4.69, 9.17) is 14.2 Å². The first-order chi connectivity index (χ1) is 10.6. The van der Waals surface area contributed by atoms with E-state index in [1.165, 1.54) is 7.11 Å². The lowest BCUT2D eigenvalue weighted by molar-refractivity contribution is 0.336. The number of hydrogen-bond donors (Lipinski definition) is 1. The smallest absolute Gasteiger partial charge is 0.160 e. The maximum Gasteiger partial charge on any atom is 0.160 e. The predicted molar refractivity (Wildman–Crippen MR) is 87.0 cm³/mol. The molecule has 0 atom stereocenters. The van der Waals surface area contributed by atoms with Crippen molar-refractivity contribution in [2.24, 2.45) is 0 Å². The Balaban J connectivity index is 2.39. The zero-order valence-corrected chi connectivity index (χ0v) is 13.1. The van der Waals surface area contributed by atoms with Gasteiger partial charge < -0.3 is 19.3 Å². The van der Waals surface area contributed by atoms with Gasteiger partial charge in [-0.15, -0.1) is 0 Å². The lowest BCUT2D eigenvalue weighted by Gasteiger charge is -2.13. The molecule has 116 valence electrons. The summed E-state index contributed by atoms with van der Waals surface area (Å²) in [6.07, 6.45) is 0. The standard InChI is InChI=1S/C18H20O4/c1-5-22-16-9-14(8-15(11-16)20-3)12(2)13-6-7-18(21-4)17(19)10-13/h6-11,19H,2,5H2,1,3-4H3. The molecule has 2 aromatic carbocycles. The molecule has 4 nitrogen and oxygen atoms in total. The van der Waals surface area contributed by atoms with Crippen LogP contribution in [0.15, 0.2) is 43.0 Å². The highest BCUT2D eigenvalue weighted by molar-refractivity contribution is 5.80. The van der Waals surface area contributed by atoms with Gasteiger partial charge in [-0.2, -0.15) is 0 Å². The molecule has 0 aromatic heterocycles. The molecule has 0 bridgehead atoms. The molecule has 0 saturated carbocycles. The number of methoxy groups -OCH3 is 2. The average molecular weight is 300 g/mol. The van der Waals surface area contributed by atoms with Crippen LogP contribution >= 0.6 is 0 Å². The van der Waals surface area contributed by atoms with Crippen LogP contribution in [0.5, 0.6) is 23.0 Å². The fourth-order valence-corrected chi connectivity index (χ4v) is 2.16. The van der Waals surface area contributed by atoms with Crippen LogP contribution in [0.25, 0.3) is 5.57 Å². The monoisotopic (exact) mass is 300 g/mol. The van der Waals surface area contributed by atoms with Crippen LogP contribution in [0.3, 0.4) is 0 Å². The predicted octanol–water partition coefficient (Wildman–Crippen LogP) is 3.87. The lowest BCUT2D eigenvalue weighted by Crippen LogP contribution is -1.95. The second-order valence-corrected chi connectivity index (χ2v) is 4.70. The molecule has 2 aromatic rings. The van der Waals surface area contributed by atoms with Gasteiger partial charge in [-0.05, 0) is 47.9 Å². The van der Waals surface area contributed by atoms with E-state index in [9.17, 15) is 5.11 Å². The molecule has 0 fully saturated rings. The summed E-state index contributed by atoms with van der Waals surface area (Å²) < 4.78 is 15.9. The highest BCUT2D eigenvalue weighted by Crippen LogP contribution is 2.34. The van der Waals surface area contributed by atoms with Gasteiger partial charge in [0.25, 0.3) is 0 Å². The molecule has 0 aliphatic rings. The third kappa shape index (κ3) is 3.34. The van der Waals surface area contributed by atoms with Crippen molar-refractivity contribution >= 4 is 5.57 Å². The number of ether oxygens (including phenoxy) is 3. The number of phenols is 1. The van der Waals surface area contributed by atoms with Crippen LogP contribution in [0.1, 0.15) is 18.1 Å². The fourth-order valence-electron chi connectivity index (χ4n) is 2.16. The quantitative estimate of drug-likeness (QED) is 0.879. The van der Waals surface area contributed by atoms with Crippen molar-refractivity contribution in [1.82, 2.24) is 0 Å². The first kappa shape index (κ1) is 15.8. The van der Waals surface area contributed by atoms with E-state index in [1.54, 1.807) is 19.2 Å². The van der Waals surface area contributed by atoms with Crippen molar-refractivity contribution in [3.63, 3.8) is 0 Å².